The maximum atomic E-state index is 9.04. The molecule has 2 aliphatic heterocycles. The number of rotatable bonds is 9. The van der Waals surface area contributed by atoms with E-state index in [1.165, 1.54) is 12.8 Å². The van der Waals surface area contributed by atoms with Gasteiger partial charge in [-0.2, -0.15) is 15.3 Å². The number of hydrogen-bond acceptors (Lipinski definition) is 9. The Hall–Kier alpha value is -4.23. The molecule has 38 heavy (non-hydrogen) atoms. The summed E-state index contributed by atoms with van der Waals surface area (Å²) in [5.74, 6) is 2.72. The Kier molecular flexibility index (Phi) is 6.75. The minimum Gasteiger partial charge on any atom is -0.489 e. The van der Waals surface area contributed by atoms with Crippen molar-refractivity contribution in [3.05, 3.63) is 60.0 Å². The molecule has 10 nitrogen and oxygen atoms in total. The summed E-state index contributed by atoms with van der Waals surface area (Å²) < 4.78 is 6.04. The second kappa shape index (κ2) is 10.6. The van der Waals surface area contributed by atoms with Crippen molar-refractivity contribution < 1.29 is 4.74 Å². The van der Waals surface area contributed by atoms with Gasteiger partial charge in [-0.3, -0.25) is 15.0 Å². The van der Waals surface area contributed by atoms with E-state index in [0.29, 0.717) is 42.7 Å². The van der Waals surface area contributed by atoms with Crippen LogP contribution in [-0.4, -0.2) is 54.7 Å². The first kappa shape index (κ1) is 24.1. The summed E-state index contributed by atoms with van der Waals surface area (Å²) in [4.78, 5) is 16.4. The highest BCUT2D eigenvalue weighted by Gasteiger charge is 2.40. The molecule has 2 fully saturated rings. The summed E-state index contributed by atoms with van der Waals surface area (Å²) in [6.07, 6.45) is 8.58. The number of aryl methyl sites for hydroxylation is 1. The zero-order chi connectivity index (χ0) is 25.9. The minimum atomic E-state index is 0.286. The van der Waals surface area contributed by atoms with Gasteiger partial charge in [-0.1, -0.05) is 6.07 Å². The van der Waals surface area contributed by atoms with Crippen LogP contribution in [0.3, 0.4) is 0 Å². The van der Waals surface area contributed by atoms with Gasteiger partial charge in [0.15, 0.2) is 5.82 Å². The second-order valence-corrected chi connectivity index (χ2v) is 10.1. The number of pyridine rings is 1. The number of nitrogens with zero attached hydrogens (tertiary/aromatic N) is 6. The largest absolute Gasteiger partial charge is 0.489 e. The second-order valence-electron chi connectivity index (χ2n) is 10.1. The quantitative estimate of drug-likeness (QED) is 0.294. The molecule has 3 atom stereocenters. The molecule has 5 heterocycles. The smallest absolute Gasteiger partial charge is 0.225 e. The molecule has 0 aliphatic carbocycles. The molecule has 0 spiro atoms. The number of fused-ring (bicyclic) bond motifs is 3. The highest BCUT2D eigenvalue weighted by Crippen LogP contribution is 2.37. The van der Waals surface area contributed by atoms with Gasteiger partial charge in [-0.05, 0) is 50.8 Å². The van der Waals surface area contributed by atoms with E-state index in [1.54, 1.807) is 12.4 Å². The zero-order valence-corrected chi connectivity index (χ0v) is 21.4. The first-order valence-corrected chi connectivity index (χ1v) is 13.2. The number of nitriles is 1. The molecule has 10 heteroatoms. The number of H-pyrrole nitrogens is 1. The van der Waals surface area contributed by atoms with Crippen LogP contribution in [0.25, 0.3) is 10.9 Å². The van der Waals surface area contributed by atoms with Crippen LogP contribution in [-0.2, 0) is 6.61 Å². The van der Waals surface area contributed by atoms with Gasteiger partial charge in [-0.25, -0.2) is 4.98 Å². The van der Waals surface area contributed by atoms with E-state index in [0.717, 1.165) is 47.3 Å². The third-order valence-electron chi connectivity index (χ3n) is 7.45. The molecule has 0 radical (unpaired) electrons. The standard InChI is InChI=1S/C28H31N9O/c1-18-12-26(36-35-18)33-27-24-8-7-23(38-17-19-4-2-10-30-16-19)15-25(24)32-28(34-27)31-20-13-21-5-6-22(14-20)37(21)11-3-9-29/h2,4,7-8,10,12,15-16,20-22H,3,5-6,11,13-14,17H2,1H3,(H3,31,32,33,34,35,36)/t20-,21-,22+. The van der Waals surface area contributed by atoms with E-state index in [-0.39, 0.29) is 6.04 Å². The number of benzene rings is 1. The van der Waals surface area contributed by atoms with Gasteiger partial charge in [0, 0.05) is 72.3 Å². The number of aromatic amines is 1. The van der Waals surface area contributed by atoms with Crippen LogP contribution in [0.1, 0.15) is 43.4 Å². The lowest BCUT2D eigenvalue weighted by molar-refractivity contribution is 0.135. The highest BCUT2D eigenvalue weighted by molar-refractivity contribution is 5.92. The van der Waals surface area contributed by atoms with Gasteiger partial charge < -0.3 is 15.4 Å². The molecule has 3 aromatic heterocycles. The van der Waals surface area contributed by atoms with Crippen LogP contribution in [0.4, 0.5) is 17.6 Å². The van der Waals surface area contributed by atoms with Crippen LogP contribution in [0.15, 0.2) is 48.8 Å². The van der Waals surface area contributed by atoms with Gasteiger partial charge in [0.2, 0.25) is 5.95 Å². The first-order valence-electron chi connectivity index (χ1n) is 13.2. The van der Waals surface area contributed by atoms with E-state index in [2.05, 4.69) is 36.8 Å². The predicted molar refractivity (Wildman–Crippen MR) is 145 cm³/mol. The Bertz CT molecular complexity index is 1430. The van der Waals surface area contributed by atoms with Gasteiger partial charge in [0.1, 0.15) is 18.2 Å². The van der Waals surface area contributed by atoms with E-state index < -0.39 is 0 Å². The number of anilines is 3. The molecule has 0 amide bonds. The van der Waals surface area contributed by atoms with Crippen LogP contribution in [0.2, 0.25) is 0 Å². The summed E-state index contributed by atoms with van der Waals surface area (Å²) in [6.45, 7) is 3.26. The monoisotopic (exact) mass is 509 g/mol. The molecule has 0 unspecified atom stereocenters. The number of piperidine rings is 1. The molecule has 1 aromatic carbocycles. The fraction of sp³-hybridized carbons (Fsp3) is 0.393. The zero-order valence-electron chi connectivity index (χ0n) is 21.4. The Balaban J connectivity index is 1.25. The maximum absolute atomic E-state index is 9.04. The van der Waals surface area contributed by atoms with Crippen molar-refractivity contribution >= 4 is 28.5 Å². The van der Waals surface area contributed by atoms with Crippen molar-refractivity contribution in [1.82, 2.24) is 30.0 Å². The minimum absolute atomic E-state index is 0.286. The molecule has 2 saturated heterocycles. The molecule has 6 rings (SSSR count). The number of ether oxygens (including phenoxy) is 1. The van der Waals surface area contributed by atoms with Crippen LogP contribution >= 0.6 is 0 Å². The van der Waals surface area contributed by atoms with Gasteiger partial charge >= 0.3 is 0 Å². The molecule has 194 valence electrons. The van der Waals surface area contributed by atoms with Crippen molar-refractivity contribution in [3.63, 3.8) is 0 Å². The summed E-state index contributed by atoms with van der Waals surface area (Å²) in [5, 5.41) is 24.2. The average molecular weight is 510 g/mol. The highest BCUT2D eigenvalue weighted by atomic mass is 16.5. The normalized spacial score (nSPS) is 20.8. The lowest BCUT2D eigenvalue weighted by Gasteiger charge is -2.38. The lowest BCUT2D eigenvalue weighted by Crippen LogP contribution is -2.47. The van der Waals surface area contributed by atoms with Crippen molar-refractivity contribution in [1.29, 1.82) is 5.26 Å². The van der Waals surface area contributed by atoms with Crippen molar-refractivity contribution in [2.24, 2.45) is 0 Å². The SMILES string of the molecule is Cc1cc(Nc2nc(N[C@@H]3C[C@H]4CC[C@@H](C3)N4CCC#N)nc3cc(OCc4cccnc4)ccc23)n[nH]1. The van der Waals surface area contributed by atoms with Crippen molar-refractivity contribution in [2.45, 2.75) is 63.8 Å². The Morgan fingerprint density at radius 1 is 1.16 bits per heavy atom. The van der Waals surface area contributed by atoms with E-state index in [1.807, 2.05) is 43.3 Å². The molecular formula is C28H31N9O. The fourth-order valence-electron chi connectivity index (χ4n) is 5.73. The number of nitrogens with one attached hydrogen (secondary N) is 3. The summed E-state index contributed by atoms with van der Waals surface area (Å²) in [5.41, 5.74) is 2.76. The van der Waals surface area contributed by atoms with Gasteiger partial charge in [-0.15, -0.1) is 0 Å². The van der Waals surface area contributed by atoms with Crippen molar-refractivity contribution in [3.8, 4) is 11.8 Å². The Morgan fingerprint density at radius 3 is 2.76 bits per heavy atom. The number of aromatic nitrogens is 5. The Morgan fingerprint density at radius 2 is 2.03 bits per heavy atom. The Labute approximate surface area is 221 Å². The third kappa shape index (κ3) is 5.24. The molecular weight excluding hydrogens is 478 g/mol. The summed E-state index contributed by atoms with van der Waals surface area (Å²) >= 11 is 0. The molecule has 2 bridgehead atoms. The number of hydrogen-bond donors (Lipinski definition) is 3. The van der Waals surface area contributed by atoms with Gasteiger partial charge in [0.25, 0.3) is 0 Å². The third-order valence-corrected chi connectivity index (χ3v) is 7.45. The molecule has 2 aliphatic rings. The molecule has 3 N–H and O–H groups in total. The predicted octanol–water partition coefficient (Wildman–Crippen LogP) is 4.70. The van der Waals surface area contributed by atoms with E-state index in [9.17, 15) is 0 Å². The maximum Gasteiger partial charge on any atom is 0.225 e. The van der Waals surface area contributed by atoms with Crippen molar-refractivity contribution in [2.75, 3.05) is 17.2 Å². The lowest BCUT2D eigenvalue weighted by atomic mass is 9.97. The average Bonchev–Trinajstić information content (AvgIpc) is 3.44. The topological polar surface area (TPSA) is 128 Å². The molecule has 4 aromatic rings. The molecule has 0 saturated carbocycles. The van der Waals surface area contributed by atoms with Crippen LogP contribution < -0.4 is 15.4 Å². The van der Waals surface area contributed by atoms with E-state index >= 15 is 0 Å². The van der Waals surface area contributed by atoms with E-state index in [4.69, 9.17) is 20.0 Å². The summed E-state index contributed by atoms with van der Waals surface area (Å²) in [7, 11) is 0. The van der Waals surface area contributed by atoms with Crippen LogP contribution in [0, 0.1) is 18.3 Å². The van der Waals surface area contributed by atoms with Gasteiger partial charge in [0.05, 0.1) is 11.6 Å². The summed E-state index contributed by atoms with van der Waals surface area (Å²) in [6, 6.07) is 15.3. The fourth-order valence-corrected chi connectivity index (χ4v) is 5.73. The first-order chi connectivity index (χ1) is 18.6. The van der Waals surface area contributed by atoms with Crippen LogP contribution in [0.5, 0.6) is 5.75 Å².